The minimum atomic E-state index is -0.437. The van der Waals surface area contributed by atoms with Crippen LogP contribution in [-0.2, 0) is 22.4 Å². The Labute approximate surface area is 175 Å². The highest BCUT2D eigenvalue weighted by Crippen LogP contribution is 2.13. The van der Waals surface area contributed by atoms with Crippen molar-refractivity contribution >= 4 is 11.8 Å². The summed E-state index contributed by atoms with van der Waals surface area (Å²) < 4.78 is 0. The van der Waals surface area contributed by atoms with Crippen LogP contribution in [0.4, 0.5) is 0 Å². The van der Waals surface area contributed by atoms with Gasteiger partial charge in [-0.1, -0.05) is 80.4 Å². The van der Waals surface area contributed by atoms with Crippen molar-refractivity contribution in [3.05, 3.63) is 71.3 Å². The molecule has 0 bridgehead atoms. The van der Waals surface area contributed by atoms with Gasteiger partial charge >= 0.3 is 0 Å². The summed E-state index contributed by atoms with van der Waals surface area (Å²) >= 11 is 0. The van der Waals surface area contributed by atoms with E-state index in [1.54, 1.807) is 4.90 Å². The Morgan fingerprint density at radius 3 is 2.28 bits per heavy atom. The van der Waals surface area contributed by atoms with Crippen LogP contribution in [-0.4, -0.2) is 35.8 Å². The van der Waals surface area contributed by atoms with E-state index in [1.165, 1.54) is 11.1 Å². The maximum absolute atomic E-state index is 13.2. The third-order valence-electron chi connectivity index (χ3n) is 5.18. The van der Waals surface area contributed by atoms with Gasteiger partial charge in [0, 0.05) is 13.1 Å². The first kappa shape index (κ1) is 22.7. The average Bonchev–Trinajstić information content (AvgIpc) is 2.73. The minimum absolute atomic E-state index is 0.00211. The smallest absolute Gasteiger partial charge is 0.242 e. The highest BCUT2D eigenvalue weighted by Gasteiger charge is 2.28. The normalized spacial score (nSPS) is 11.7. The standard InChI is InChI=1S/C25H34N2O2/c1-4-6-17-26-25(29)23(5-2)27(18-16-21-10-8-7-9-11-21)24(28)19-22-14-12-20(3)13-15-22/h7-15,23H,4-6,16-19H2,1-3H3,(H,26,29). The van der Waals surface area contributed by atoms with Gasteiger partial charge in [-0.2, -0.15) is 0 Å². The number of hydrogen-bond donors (Lipinski definition) is 1. The van der Waals surface area contributed by atoms with Crippen LogP contribution in [0.1, 0.15) is 49.8 Å². The number of nitrogens with one attached hydrogen (secondary N) is 1. The summed E-state index contributed by atoms with van der Waals surface area (Å²) in [4.78, 5) is 27.8. The highest BCUT2D eigenvalue weighted by molar-refractivity contribution is 5.88. The van der Waals surface area contributed by atoms with Crippen LogP contribution in [0.5, 0.6) is 0 Å². The molecular formula is C25H34N2O2. The molecule has 0 aliphatic carbocycles. The third kappa shape index (κ3) is 7.37. The Balaban J connectivity index is 2.14. The van der Waals surface area contributed by atoms with E-state index < -0.39 is 6.04 Å². The summed E-state index contributed by atoms with van der Waals surface area (Å²) in [6.07, 6.45) is 3.63. The molecule has 0 aliphatic heterocycles. The van der Waals surface area contributed by atoms with Gasteiger partial charge in [-0.25, -0.2) is 0 Å². The average molecular weight is 395 g/mol. The molecule has 0 spiro atoms. The Bertz CT molecular complexity index is 756. The first-order valence-electron chi connectivity index (χ1n) is 10.7. The van der Waals surface area contributed by atoms with Crippen molar-refractivity contribution < 1.29 is 9.59 Å². The summed E-state index contributed by atoms with van der Waals surface area (Å²) in [5.74, 6) is -0.0476. The lowest BCUT2D eigenvalue weighted by Crippen LogP contribution is -2.50. The van der Waals surface area contributed by atoms with Gasteiger partial charge in [-0.05, 0) is 37.3 Å². The fourth-order valence-corrected chi connectivity index (χ4v) is 3.38. The molecule has 0 aromatic heterocycles. The fraction of sp³-hybridized carbons (Fsp3) is 0.440. The lowest BCUT2D eigenvalue weighted by molar-refractivity contribution is -0.140. The molecule has 0 saturated carbocycles. The molecule has 2 aromatic carbocycles. The van der Waals surface area contributed by atoms with Gasteiger partial charge < -0.3 is 10.2 Å². The molecule has 1 unspecified atom stereocenters. The summed E-state index contributed by atoms with van der Waals surface area (Å²) in [5.41, 5.74) is 3.32. The first-order chi connectivity index (χ1) is 14.0. The van der Waals surface area contributed by atoms with Crippen LogP contribution in [0.15, 0.2) is 54.6 Å². The number of aryl methyl sites for hydroxylation is 1. The van der Waals surface area contributed by atoms with E-state index in [9.17, 15) is 9.59 Å². The van der Waals surface area contributed by atoms with Crippen LogP contribution in [0.25, 0.3) is 0 Å². The Morgan fingerprint density at radius 1 is 0.966 bits per heavy atom. The molecule has 2 amide bonds. The van der Waals surface area contributed by atoms with Crippen LogP contribution in [0, 0.1) is 6.92 Å². The molecule has 0 saturated heterocycles. The van der Waals surface area contributed by atoms with Gasteiger partial charge in [0.05, 0.1) is 6.42 Å². The predicted octanol–water partition coefficient (Wildman–Crippen LogP) is 4.30. The number of nitrogens with zero attached hydrogens (tertiary/aromatic N) is 1. The van der Waals surface area contributed by atoms with Gasteiger partial charge in [-0.3, -0.25) is 9.59 Å². The lowest BCUT2D eigenvalue weighted by atomic mass is 10.1. The lowest BCUT2D eigenvalue weighted by Gasteiger charge is -2.31. The maximum atomic E-state index is 13.2. The number of carbonyl (C=O) groups excluding carboxylic acids is 2. The highest BCUT2D eigenvalue weighted by atomic mass is 16.2. The molecule has 1 N–H and O–H groups in total. The van der Waals surface area contributed by atoms with Crippen LogP contribution in [0.2, 0.25) is 0 Å². The van der Waals surface area contributed by atoms with E-state index in [2.05, 4.69) is 24.4 Å². The zero-order chi connectivity index (χ0) is 21.1. The molecule has 0 radical (unpaired) electrons. The second-order valence-corrected chi connectivity index (χ2v) is 7.55. The molecule has 4 heteroatoms. The molecule has 0 fully saturated rings. The van der Waals surface area contributed by atoms with Crippen molar-refractivity contribution in [2.24, 2.45) is 0 Å². The van der Waals surface area contributed by atoms with Crippen molar-refractivity contribution in [3.8, 4) is 0 Å². The summed E-state index contributed by atoms with van der Waals surface area (Å²) in [5, 5.41) is 3.01. The second-order valence-electron chi connectivity index (χ2n) is 7.55. The zero-order valence-corrected chi connectivity index (χ0v) is 18.0. The quantitative estimate of drug-likeness (QED) is 0.578. The number of rotatable bonds is 11. The van der Waals surface area contributed by atoms with Crippen LogP contribution >= 0.6 is 0 Å². The van der Waals surface area contributed by atoms with E-state index in [-0.39, 0.29) is 11.8 Å². The molecule has 2 rings (SSSR count). The SMILES string of the molecule is CCCCNC(=O)C(CC)N(CCc1ccccc1)C(=O)Cc1ccc(C)cc1. The van der Waals surface area contributed by atoms with Gasteiger partial charge in [0.25, 0.3) is 0 Å². The van der Waals surface area contributed by atoms with E-state index in [4.69, 9.17) is 0 Å². The van der Waals surface area contributed by atoms with Crippen LogP contribution in [0.3, 0.4) is 0 Å². The van der Waals surface area contributed by atoms with Crippen molar-refractivity contribution in [2.75, 3.05) is 13.1 Å². The van der Waals surface area contributed by atoms with E-state index >= 15 is 0 Å². The summed E-state index contributed by atoms with van der Waals surface area (Å²) in [6.45, 7) is 7.30. The second kappa shape index (κ2) is 12.1. The van der Waals surface area contributed by atoms with Gasteiger partial charge in [-0.15, -0.1) is 0 Å². The van der Waals surface area contributed by atoms with Crippen molar-refractivity contribution in [3.63, 3.8) is 0 Å². The van der Waals surface area contributed by atoms with E-state index in [0.29, 0.717) is 25.9 Å². The van der Waals surface area contributed by atoms with E-state index in [1.807, 2.05) is 56.3 Å². The zero-order valence-electron chi connectivity index (χ0n) is 18.0. The molecule has 29 heavy (non-hydrogen) atoms. The molecule has 0 heterocycles. The van der Waals surface area contributed by atoms with E-state index in [0.717, 1.165) is 24.8 Å². The van der Waals surface area contributed by atoms with Crippen molar-refractivity contribution in [1.29, 1.82) is 0 Å². The largest absolute Gasteiger partial charge is 0.354 e. The van der Waals surface area contributed by atoms with Crippen LogP contribution < -0.4 is 5.32 Å². The topological polar surface area (TPSA) is 49.4 Å². The first-order valence-corrected chi connectivity index (χ1v) is 10.7. The number of benzene rings is 2. The van der Waals surface area contributed by atoms with Gasteiger partial charge in [0.1, 0.15) is 6.04 Å². The molecule has 1 atom stereocenters. The van der Waals surface area contributed by atoms with Crippen molar-refractivity contribution in [1.82, 2.24) is 10.2 Å². The summed E-state index contributed by atoms with van der Waals surface area (Å²) in [7, 11) is 0. The monoisotopic (exact) mass is 394 g/mol. The Hall–Kier alpha value is -2.62. The molecule has 156 valence electrons. The number of carbonyl (C=O) groups is 2. The summed E-state index contributed by atoms with van der Waals surface area (Å²) in [6, 6.07) is 17.7. The third-order valence-corrected chi connectivity index (χ3v) is 5.18. The molecule has 2 aromatic rings. The predicted molar refractivity (Wildman–Crippen MR) is 119 cm³/mol. The number of unbranched alkanes of at least 4 members (excludes halogenated alkanes) is 1. The van der Waals surface area contributed by atoms with Crippen molar-refractivity contribution in [2.45, 2.75) is 58.9 Å². The number of amides is 2. The molecule has 4 nitrogen and oxygen atoms in total. The Morgan fingerprint density at radius 2 is 1.66 bits per heavy atom. The minimum Gasteiger partial charge on any atom is -0.354 e. The fourth-order valence-electron chi connectivity index (χ4n) is 3.38. The molecule has 0 aliphatic rings. The van der Waals surface area contributed by atoms with Gasteiger partial charge in [0.15, 0.2) is 0 Å². The molecular weight excluding hydrogens is 360 g/mol. The maximum Gasteiger partial charge on any atom is 0.242 e. The number of hydrogen-bond acceptors (Lipinski definition) is 2. The Kier molecular flexibility index (Phi) is 9.42. The van der Waals surface area contributed by atoms with Gasteiger partial charge in [0.2, 0.25) is 11.8 Å².